The zero-order valence-corrected chi connectivity index (χ0v) is 17.8. The van der Waals surface area contributed by atoms with E-state index in [9.17, 15) is 0 Å². The molecular weight excluding hydrogens is 366 g/mol. The van der Waals surface area contributed by atoms with Crippen LogP contribution in [0, 0.1) is 0 Å². The van der Waals surface area contributed by atoms with Crippen molar-refractivity contribution in [1.82, 2.24) is 4.90 Å². The highest BCUT2D eigenvalue weighted by molar-refractivity contribution is 5.52. The van der Waals surface area contributed by atoms with E-state index in [0.29, 0.717) is 17.8 Å². The predicted molar refractivity (Wildman–Crippen MR) is 123 cm³/mol. The monoisotopic (exact) mass is 395 g/mol. The molecule has 2 heteroatoms. The van der Waals surface area contributed by atoms with Gasteiger partial charge in [0.15, 0.2) is 0 Å². The van der Waals surface area contributed by atoms with Gasteiger partial charge in [-0.2, -0.15) is 0 Å². The molecule has 3 atom stereocenters. The van der Waals surface area contributed by atoms with Crippen LogP contribution in [0.1, 0.15) is 46.4 Å². The van der Waals surface area contributed by atoms with Gasteiger partial charge in [0.2, 0.25) is 0 Å². The Morgan fingerprint density at radius 1 is 0.833 bits per heavy atom. The summed E-state index contributed by atoms with van der Waals surface area (Å²) in [7, 11) is 3.97. The van der Waals surface area contributed by atoms with Crippen LogP contribution in [0.4, 0.5) is 0 Å². The number of hydrogen-bond acceptors (Lipinski definition) is 2. The lowest BCUT2D eigenvalue weighted by atomic mass is 9.61. The standard InChI is InChI=1S/C28H29NO/c1-29(18-20-8-4-3-5-9-20)19-22-16-28-25-11-7-6-10-24(25)27(22)17-26(28)21-12-14-23(30-2)15-13-21/h3-16,26-28H,17-19H2,1-2H3/t26?,27-,28-/m0/s1. The van der Waals surface area contributed by atoms with Crippen molar-refractivity contribution in [2.45, 2.75) is 30.7 Å². The summed E-state index contributed by atoms with van der Waals surface area (Å²) in [6.07, 6.45) is 3.77. The zero-order chi connectivity index (χ0) is 20.5. The summed E-state index contributed by atoms with van der Waals surface area (Å²) in [5.41, 5.74) is 7.44. The summed E-state index contributed by atoms with van der Waals surface area (Å²) in [5, 5.41) is 0. The lowest BCUT2D eigenvalue weighted by molar-refractivity contribution is 0.332. The van der Waals surface area contributed by atoms with Crippen LogP contribution in [-0.2, 0) is 6.54 Å². The Morgan fingerprint density at radius 3 is 2.27 bits per heavy atom. The summed E-state index contributed by atoms with van der Waals surface area (Å²) >= 11 is 0. The van der Waals surface area contributed by atoms with Gasteiger partial charge >= 0.3 is 0 Å². The third-order valence-corrected chi connectivity index (χ3v) is 6.79. The number of likely N-dealkylation sites (N-methyl/N-ethyl adjacent to an activating group) is 1. The van der Waals surface area contributed by atoms with Gasteiger partial charge in [0.25, 0.3) is 0 Å². The van der Waals surface area contributed by atoms with Crippen molar-refractivity contribution in [2.24, 2.45) is 0 Å². The highest BCUT2D eigenvalue weighted by atomic mass is 16.5. The van der Waals surface area contributed by atoms with E-state index in [1.54, 1.807) is 12.7 Å². The second kappa shape index (κ2) is 8.12. The maximum Gasteiger partial charge on any atom is 0.118 e. The Hall–Kier alpha value is -2.84. The smallest absolute Gasteiger partial charge is 0.118 e. The maximum absolute atomic E-state index is 5.37. The molecule has 0 amide bonds. The molecular formula is C28H29NO. The van der Waals surface area contributed by atoms with E-state index >= 15 is 0 Å². The third-order valence-electron chi connectivity index (χ3n) is 6.79. The van der Waals surface area contributed by atoms with Crippen molar-refractivity contribution in [3.8, 4) is 5.75 Å². The zero-order valence-electron chi connectivity index (χ0n) is 17.8. The van der Waals surface area contributed by atoms with Crippen molar-refractivity contribution in [3.63, 3.8) is 0 Å². The fraction of sp³-hybridized carbons (Fsp3) is 0.286. The number of ether oxygens (including phenoxy) is 1. The van der Waals surface area contributed by atoms with Gasteiger partial charge in [0.05, 0.1) is 7.11 Å². The Morgan fingerprint density at radius 2 is 1.53 bits per heavy atom. The minimum atomic E-state index is 0.458. The molecule has 0 saturated heterocycles. The molecule has 1 unspecified atom stereocenters. The van der Waals surface area contributed by atoms with Gasteiger partial charge in [0, 0.05) is 24.9 Å². The first kappa shape index (κ1) is 19.1. The van der Waals surface area contributed by atoms with Crippen molar-refractivity contribution in [3.05, 3.63) is 113 Å². The van der Waals surface area contributed by atoms with Crippen LogP contribution in [0.5, 0.6) is 5.75 Å². The number of fused-ring (bicyclic) bond motifs is 1. The molecule has 0 aromatic heterocycles. The summed E-state index contributed by atoms with van der Waals surface area (Å²) in [6.45, 7) is 2.01. The molecule has 3 aliphatic rings. The molecule has 2 nitrogen and oxygen atoms in total. The van der Waals surface area contributed by atoms with Crippen molar-refractivity contribution < 1.29 is 4.74 Å². The van der Waals surface area contributed by atoms with Gasteiger partial charge in [-0.15, -0.1) is 0 Å². The molecule has 0 spiro atoms. The van der Waals surface area contributed by atoms with E-state index in [2.05, 4.69) is 96.9 Å². The van der Waals surface area contributed by atoms with Crippen LogP contribution in [0.25, 0.3) is 0 Å². The topological polar surface area (TPSA) is 12.5 Å². The van der Waals surface area contributed by atoms with E-state index < -0.39 is 0 Å². The van der Waals surface area contributed by atoms with Gasteiger partial charge in [-0.25, -0.2) is 0 Å². The summed E-state index contributed by atoms with van der Waals surface area (Å²) in [5.74, 6) is 2.44. The molecule has 2 bridgehead atoms. The van der Waals surface area contributed by atoms with E-state index in [0.717, 1.165) is 18.8 Å². The lowest BCUT2D eigenvalue weighted by Gasteiger charge is -2.44. The molecule has 0 saturated carbocycles. The summed E-state index contributed by atoms with van der Waals surface area (Å²) < 4.78 is 5.37. The number of allylic oxidation sites excluding steroid dienone is 1. The molecule has 30 heavy (non-hydrogen) atoms. The molecule has 152 valence electrons. The number of methoxy groups -OCH3 is 1. The quantitative estimate of drug-likeness (QED) is 0.466. The minimum absolute atomic E-state index is 0.458. The van der Waals surface area contributed by atoms with Crippen LogP contribution in [-0.4, -0.2) is 25.6 Å². The molecule has 0 fully saturated rings. The fourth-order valence-corrected chi connectivity index (χ4v) is 5.40. The van der Waals surface area contributed by atoms with Crippen LogP contribution < -0.4 is 4.74 Å². The Labute approximate surface area is 179 Å². The van der Waals surface area contributed by atoms with Crippen LogP contribution >= 0.6 is 0 Å². The third kappa shape index (κ3) is 3.57. The maximum atomic E-state index is 5.37. The molecule has 6 rings (SSSR count). The van der Waals surface area contributed by atoms with E-state index in [4.69, 9.17) is 4.74 Å². The Bertz CT molecular complexity index is 1040. The van der Waals surface area contributed by atoms with Gasteiger partial charge in [-0.05, 0) is 53.8 Å². The molecule has 0 N–H and O–H groups in total. The first-order valence-electron chi connectivity index (χ1n) is 10.9. The molecule has 3 aromatic rings. The van der Waals surface area contributed by atoms with E-state index in [-0.39, 0.29) is 0 Å². The highest BCUT2D eigenvalue weighted by Crippen LogP contribution is 2.55. The second-order valence-electron chi connectivity index (χ2n) is 8.72. The number of rotatable bonds is 6. The molecule has 0 heterocycles. The van der Waals surface area contributed by atoms with Crippen LogP contribution in [0.15, 0.2) is 90.5 Å². The Kier molecular flexibility index (Phi) is 5.18. The van der Waals surface area contributed by atoms with Crippen molar-refractivity contribution >= 4 is 0 Å². The highest BCUT2D eigenvalue weighted by Gasteiger charge is 2.40. The second-order valence-corrected chi connectivity index (χ2v) is 8.72. The summed E-state index contributed by atoms with van der Waals surface area (Å²) in [6, 6.07) is 28.6. The van der Waals surface area contributed by atoms with Gasteiger partial charge in [0.1, 0.15) is 5.75 Å². The normalized spacial score (nSPS) is 22.0. The van der Waals surface area contributed by atoms with E-state index in [1.807, 2.05) is 0 Å². The first-order valence-corrected chi connectivity index (χ1v) is 10.9. The molecule has 3 aromatic carbocycles. The lowest BCUT2D eigenvalue weighted by Crippen LogP contribution is -2.32. The van der Waals surface area contributed by atoms with Crippen molar-refractivity contribution in [2.75, 3.05) is 20.7 Å². The van der Waals surface area contributed by atoms with Crippen LogP contribution in [0.3, 0.4) is 0 Å². The number of nitrogens with zero attached hydrogens (tertiary/aromatic N) is 1. The van der Waals surface area contributed by atoms with Gasteiger partial charge in [-0.1, -0.05) is 78.4 Å². The molecule has 0 aliphatic heterocycles. The predicted octanol–water partition coefficient (Wildman–Crippen LogP) is 6.12. The average Bonchev–Trinajstić information content (AvgIpc) is 2.80. The average molecular weight is 396 g/mol. The van der Waals surface area contributed by atoms with E-state index in [1.165, 1.54) is 28.7 Å². The first-order chi connectivity index (χ1) is 14.7. The number of hydrogen-bond donors (Lipinski definition) is 0. The fourth-order valence-electron chi connectivity index (χ4n) is 5.40. The van der Waals surface area contributed by atoms with Gasteiger partial charge in [-0.3, -0.25) is 4.90 Å². The van der Waals surface area contributed by atoms with Gasteiger partial charge < -0.3 is 4.74 Å². The van der Waals surface area contributed by atoms with Crippen molar-refractivity contribution in [1.29, 1.82) is 0 Å². The minimum Gasteiger partial charge on any atom is -0.497 e. The molecule has 0 radical (unpaired) electrons. The summed E-state index contributed by atoms with van der Waals surface area (Å²) in [4.78, 5) is 2.45. The molecule has 3 aliphatic carbocycles. The Balaban J connectivity index is 1.42. The van der Waals surface area contributed by atoms with Crippen LogP contribution in [0.2, 0.25) is 0 Å². The largest absolute Gasteiger partial charge is 0.497 e. The SMILES string of the molecule is COc1ccc(C2C[C@H]3C(CN(C)Cc4ccccc4)=C[C@H]2c2ccccc23)cc1. The number of benzene rings is 3.